The first-order valence-electron chi connectivity index (χ1n) is 8.03. The molecule has 2 bridgehead atoms. The van der Waals surface area contributed by atoms with Crippen molar-refractivity contribution in [1.29, 1.82) is 0 Å². The van der Waals surface area contributed by atoms with Gasteiger partial charge in [-0.05, 0) is 43.2 Å². The zero-order chi connectivity index (χ0) is 14.4. The van der Waals surface area contributed by atoms with Gasteiger partial charge in [0.1, 0.15) is 0 Å². The molecule has 0 radical (unpaired) electrons. The average molecular weight is 280 g/mol. The number of nitrogens with zero attached hydrogens (tertiary/aromatic N) is 2. The first-order chi connectivity index (χ1) is 10.3. The van der Waals surface area contributed by atoms with Crippen LogP contribution in [0.3, 0.4) is 0 Å². The van der Waals surface area contributed by atoms with Crippen molar-refractivity contribution in [1.82, 2.24) is 4.57 Å². The zero-order valence-corrected chi connectivity index (χ0v) is 12.4. The molecule has 1 heterocycles. The lowest BCUT2D eigenvalue weighted by atomic mass is 9.66. The second-order valence-electron chi connectivity index (χ2n) is 6.37. The molecule has 0 N–H and O–H groups in total. The molecule has 1 saturated carbocycles. The molecule has 5 rings (SSSR count). The van der Waals surface area contributed by atoms with Crippen LogP contribution < -0.4 is 0 Å². The summed E-state index contributed by atoms with van der Waals surface area (Å²) in [5.41, 5.74) is 4.37. The van der Waals surface area contributed by atoms with Gasteiger partial charge in [-0.15, -0.1) is 0 Å². The number of fused-ring (bicyclic) bond motifs is 3. The number of isocyanates is 1. The van der Waals surface area contributed by atoms with E-state index < -0.39 is 0 Å². The Kier molecular flexibility index (Phi) is 2.97. The van der Waals surface area contributed by atoms with E-state index in [1.165, 1.54) is 23.0 Å². The fourth-order valence-corrected chi connectivity index (χ4v) is 4.58. The summed E-state index contributed by atoms with van der Waals surface area (Å²) < 4.78 is 2.49. The topological polar surface area (TPSA) is 34.4 Å². The van der Waals surface area contributed by atoms with Gasteiger partial charge in [0.05, 0.1) is 6.04 Å². The van der Waals surface area contributed by atoms with Crippen molar-refractivity contribution in [3.05, 3.63) is 35.5 Å². The second kappa shape index (κ2) is 4.85. The lowest BCUT2D eigenvalue weighted by Gasteiger charge is -2.41. The number of carbonyl (C=O) groups excluding carboxylic acids is 1. The fourth-order valence-electron chi connectivity index (χ4n) is 4.58. The van der Waals surface area contributed by atoms with Crippen LogP contribution in [0.1, 0.15) is 55.7 Å². The van der Waals surface area contributed by atoms with Crippen LogP contribution in [0.5, 0.6) is 0 Å². The number of rotatable bonds is 3. The van der Waals surface area contributed by atoms with Crippen molar-refractivity contribution in [2.24, 2.45) is 4.99 Å². The Morgan fingerprint density at radius 1 is 1.33 bits per heavy atom. The number of para-hydroxylation sites is 1. The Bertz CT molecular complexity index is 739. The van der Waals surface area contributed by atoms with Crippen LogP contribution in [-0.4, -0.2) is 16.7 Å². The number of aromatic nitrogens is 1. The van der Waals surface area contributed by atoms with Crippen molar-refractivity contribution < 1.29 is 4.79 Å². The number of hydrogen-bond donors (Lipinski definition) is 0. The quantitative estimate of drug-likeness (QED) is 0.615. The third kappa shape index (κ3) is 1.74. The predicted molar refractivity (Wildman–Crippen MR) is 83.5 cm³/mol. The average Bonchev–Trinajstić information content (AvgIpc) is 2.86. The summed E-state index contributed by atoms with van der Waals surface area (Å²) in [6.07, 6.45) is 6.35. The van der Waals surface area contributed by atoms with Gasteiger partial charge in [-0.25, -0.2) is 9.79 Å². The summed E-state index contributed by atoms with van der Waals surface area (Å²) >= 11 is 0. The molecule has 1 fully saturated rings. The van der Waals surface area contributed by atoms with E-state index >= 15 is 0 Å². The molecule has 3 nitrogen and oxygen atoms in total. The maximum atomic E-state index is 10.7. The van der Waals surface area contributed by atoms with Gasteiger partial charge in [0, 0.05) is 29.1 Å². The molecule has 0 amide bonds. The van der Waals surface area contributed by atoms with Crippen molar-refractivity contribution >= 4 is 17.0 Å². The Morgan fingerprint density at radius 2 is 2.19 bits per heavy atom. The predicted octanol–water partition coefficient (Wildman–Crippen LogP) is 4.12. The summed E-state index contributed by atoms with van der Waals surface area (Å²) in [5.74, 6) is 0.973. The lowest BCUT2D eigenvalue weighted by molar-refractivity contribution is 0.303. The molecule has 2 aromatic rings. The number of hydrogen-bond acceptors (Lipinski definition) is 2. The molecule has 3 unspecified atom stereocenters. The monoisotopic (exact) mass is 280 g/mol. The van der Waals surface area contributed by atoms with Crippen molar-refractivity contribution in [3.8, 4) is 0 Å². The Labute approximate surface area is 124 Å². The van der Waals surface area contributed by atoms with E-state index in [2.05, 4.69) is 40.7 Å². The summed E-state index contributed by atoms with van der Waals surface area (Å²) in [5, 5.41) is 1.42. The first kappa shape index (κ1) is 12.8. The third-order valence-corrected chi connectivity index (χ3v) is 5.29. The highest BCUT2D eigenvalue weighted by molar-refractivity contribution is 5.87. The van der Waals surface area contributed by atoms with Crippen LogP contribution >= 0.6 is 0 Å². The van der Waals surface area contributed by atoms with Crippen LogP contribution in [0, 0.1) is 0 Å². The minimum absolute atomic E-state index is 0.147. The number of aryl methyl sites for hydroxylation is 1. The highest BCUT2D eigenvalue weighted by Gasteiger charge is 2.43. The largest absolute Gasteiger partial charge is 0.344 e. The van der Waals surface area contributed by atoms with E-state index in [0.29, 0.717) is 11.8 Å². The Morgan fingerprint density at radius 3 is 3.00 bits per heavy atom. The summed E-state index contributed by atoms with van der Waals surface area (Å²) in [4.78, 5) is 14.9. The lowest BCUT2D eigenvalue weighted by Crippen LogP contribution is -2.33. The summed E-state index contributed by atoms with van der Waals surface area (Å²) in [7, 11) is 0. The molecule has 3 atom stereocenters. The molecule has 0 saturated heterocycles. The van der Waals surface area contributed by atoms with Gasteiger partial charge in [-0.2, -0.15) is 0 Å². The maximum absolute atomic E-state index is 10.7. The van der Waals surface area contributed by atoms with Crippen molar-refractivity contribution in [2.45, 2.75) is 57.0 Å². The Balaban J connectivity index is 1.99. The van der Waals surface area contributed by atoms with Crippen molar-refractivity contribution in [3.63, 3.8) is 0 Å². The number of aliphatic imine (C=N–C) groups is 1. The van der Waals surface area contributed by atoms with E-state index in [1.807, 2.05) is 0 Å². The Hall–Kier alpha value is -1.86. The molecule has 3 aliphatic carbocycles. The van der Waals surface area contributed by atoms with Gasteiger partial charge in [-0.1, -0.05) is 25.1 Å². The molecule has 0 aliphatic heterocycles. The molecular weight excluding hydrogens is 260 g/mol. The fraction of sp³-hybridized carbons (Fsp3) is 0.500. The first-order valence-corrected chi connectivity index (χ1v) is 8.03. The van der Waals surface area contributed by atoms with Gasteiger partial charge in [0.15, 0.2) is 0 Å². The highest BCUT2D eigenvalue weighted by Crippen LogP contribution is 2.53. The normalized spacial score (nSPS) is 26.6. The van der Waals surface area contributed by atoms with Crippen LogP contribution in [0.4, 0.5) is 0 Å². The molecular formula is C18H20N2O. The second-order valence-corrected chi connectivity index (χ2v) is 6.37. The standard InChI is InChI=1S/C18H20N2O/c1-2-9-20-16-6-4-3-5-14(16)17-12-7-8-13(18(17)20)15(10-12)19-11-21/h3-6,12-13,15H,2,7-10H2,1H3. The van der Waals surface area contributed by atoms with Gasteiger partial charge < -0.3 is 4.57 Å². The third-order valence-electron chi connectivity index (χ3n) is 5.29. The minimum Gasteiger partial charge on any atom is -0.344 e. The van der Waals surface area contributed by atoms with E-state index in [1.54, 1.807) is 11.6 Å². The molecule has 0 spiro atoms. The molecule has 108 valence electrons. The van der Waals surface area contributed by atoms with Crippen LogP contribution in [0.15, 0.2) is 29.3 Å². The van der Waals surface area contributed by atoms with Crippen LogP contribution in [0.2, 0.25) is 0 Å². The van der Waals surface area contributed by atoms with E-state index in [9.17, 15) is 4.79 Å². The zero-order valence-electron chi connectivity index (χ0n) is 12.4. The summed E-state index contributed by atoms with van der Waals surface area (Å²) in [6.45, 7) is 3.28. The molecule has 21 heavy (non-hydrogen) atoms. The van der Waals surface area contributed by atoms with Gasteiger partial charge >= 0.3 is 0 Å². The SMILES string of the molecule is CCCn1c2c(c3ccccc31)C1CCC2C(N=C=O)C1. The van der Waals surface area contributed by atoms with Crippen molar-refractivity contribution in [2.75, 3.05) is 0 Å². The van der Waals surface area contributed by atoms with E-state index in [4.69, 9.17) is 0 Å². The maximum Gasteiger partial charge on any atom is 0.235 e. The van der Waals surface area contributed by atoms with Gasteiger partial charge in [0.2, 0.25) is 6.08 Å². The molecule has 3 heteroatoms. The molecule has 1 aromatic heterocycles. The molecule has 1 aromatic carbocycles. The van der Waals surface area contributed by atoms with Gasteiger partial charge in [-0.3, -0.25) is 0 Å². The van der Waals surface area contributed by atoms with Crippen LogP contribution in [0.25, 0.3) is 10.9 Å². The van der Waals surface area contributed by atoms with E-state index in [-0.39, 0.29) is 6.04 Å². The summed E-state index contributed by atoms with van der Waals surface area (Å²) in [6, 6.07) is 8.92. The van der Waals surface area contributed by atoms with Gasteiger partial charge in [0.25, 0.3) is 0 Å². The van der Waals surface area contributed by atoms with E-state index in [0.717, 1.165) is 25.8 Å². The minimum atomic E-state index is 0.147. The molecule has 3 aliphatic rings. The van der Waals surface area contributed by atoms with Crippen LogP contribution in [-0.2, 0) is 11.3 Å². The highest BCUT2D eigenvalue weighted by atomic mass is 16.1. The number of benzene rings is 1. The smallest absolute Gasteiger partial charge is 0.235 e.